The number of imide groups is 1. The molecule has 1 N–H and O–H groups in total. The van der Waals surface area contributed by atoms with Crippen molar-refractivity contribution in [3.05, 3.63) is 0 Å². The predicted molar refractivity (Wildman–Crippen MR) is 93.8 cm³/mol. The largest absolute Gasteiger partial charge is 0.325 e. The number of urea groups is 1. The van der Waals surface area contributed by atoms with Gasteiger partial charge in [-0.05, 0) is 44.7 Å². The molecule has 0 aromatic carbocycles. The molecule has 0 bridgehead atoms. The Bertz CT molecular complexity index is 466. The lowest BCUT2D eigenvalue weighted by Gasteiger charge is -2.38. The fourth-order valence-corrected chi connectivity index (χ4v) is 4.28. The topological polar surface area (TPSA) is 55.9 Å². The van der Waals surface area contributed by atoms with Crippen molar-refractivity contribution < 1.29 is 9.59 Å². The molecule has 0 aromatic rings. The Morgan fingerprint density at radius 1 is 0.958 bits per heavy atom. The van der Waals surface area contributed by atoms with E-state index in [9.17, 15) is 9.59 Å². The molecule has 3 amide bonds. The van der Waals surface area contributed by atoms with Crippen LogP contribution in [0.5, 0.6) is 0 Å². The minimum absolute atomic E-state index is 0.00806. The van der Waals surface area contributed by atoms with Crippen LogP contribution in [0.15, 0.2) is 0 Å². The van der Waals surface area contributed by atoms with Crippen LogP contribution in [-0.2, 0) is 4.79 Å². The van der Waals surface area contributed by atoms with E-state index in [-0.39, 0.29) is 11.9 Å². The number of rotatable bonds is 5. The van der Waals surface area contributed by atoms with Gasteiger partial charge in [0.05, 0.1) is 0 Å². The molecule has 0 atom stereocenters. The highest BCUT2D eigenvalue weighted by atomic mass is 16.2. The minimum Gasteiger partial charge on any atom is -0.323 e. The SMILES string of the molecule is CC(C)CN1CCC2(CC1)NC(=O)N(CCN1CCCCC1)C2=O. The van der Waals surface area contributed by atoms with Gasteiger partial charge in [-0.15, -0.1) is 0 Å². The average Bonchev–Trinajstić information content (AvgIpc) is 2.79. The summed E-state index contributed by atoms with van der Waals surface area (Å²) in [6, 6.07) is -0.186. The van der Waals surface area contributed by atoms with Gasteiger partial charge in [0, 0.05) is 32.7 Å². The Labute approximate surface area is 145 Å². The summed E-state index contributed by atoms with van der Waals surface area (Å²) in [5, 5.41) is 3.02. The minimum atomic E-state index is -0.632. The van der Waals surface area contributed by atoms with Crippen LogP contribution in [0.2, 0.25) is 0 Å². The third kappa shape index (κ3) is 3.75. The van der Waals surface area contributed by atoms with E-state index >= 15 is 0 Å². The van der Waals surface area contributed by atoms with Gasteiger partial charge in [0.25, 0.3) is 5.91 Å². The number of carbonyl (C=O) groups is 2. The zero-order valence-electron chi connectivity index (χ0n) is 15.2. The zero-order valence-corrected chi connectivity index (χ0v) is 15.2. The standard InChI is InChI=1S/C18H32N4O2/c1-15(2)14-21-10-6-18(7-11-21)16(23)22(17(24)19-18)13-12-20-8-4-3-5-9-20/h15H,3-14H2,1-2H3,(H,19,24). The highest BCUT2D eigenvalue weighted by Crippen LogP contribution is 2.29. The molecule has 0 unspecified atom stereocenters. The van der Waals surface area contributed by atoms with Crippen LogP contribution in [0.4, 0.5) is 4.79 Å². The summed E-state index contributed by atoms with van der Waals surface area (Å²) in [6.45, 7) is 10.8. The van der Waals surface area contributed by atoms with Gasteiger partial charge in [-0.1, -0.05) is 20.3 Å². The van der Waals surface area contributed by atoms with Gasteiger partial charge in [0.1, 0.15) is 5.54 Å². The molecule has 0 saturated carbocycles. The second-order valence-electron chi connectivity index (χ2n) is 8.07. The molecule has 3 aliphatic heterocycles. The summed E-state index contributed by atoms with van der Waals surface area (Å²) in [4.78, 5) is 31.5. The number of hydrogen-bond donors (Lipinski definition) is 1. The predicted octanol–water partition coefficient (Wildman–Crippen LogP) is 1.51. The fourth-order valence-electron chi connectivity index (χ4n) is 4.28. The molecule has 0 aliphatic carbocycles. The van der Waals surface area contributed by atoms with Crippen molar-refractivity contribution in [1.29, 1.82) is 0 Å². The fraction of sp³-hybridized carbons (Fsp3) is 0.889. The van der Waals surface area contributed by atoms with Crippen molar-refractivity contribution in [2.45, 2.75) is 51.5 Å². The molecule has 3 aliphatic rings. The summed E-state index contributed by atoms with van der Waals surface area (Å²) in [6.07, 6.45) is 5.25. The van der Waals surface area contributed by atoms with Gasteiger partial charge < -0.3 is 15.1 Å². The maximum absolute atomic E-state index is 12.9. The van der Waals surface area contributed by atoms with E-state index in [4.69, 9.17) is 0 Å². The third-order valence-electron chi connectivity index (χ3n) is 5.67. The molecule has 0 radical (unpaired) electrons. The number of amides is 3. The molecule has 24 heavy (non-hydrogen) atoms. The Morgan fingerprint density at radius 3 is 2.25 bits per heavy atom. The molecule has 1 spiro atoms. The Hall–Kier alpha value is -1.14. The Balaban J connectivity index is 1.54. The smallest absolute Gasteiger partial charge is 0.323 e. The van der Waals surface area contributed by atoms with Crippen molar-refractivity contribution in [1.82, 2.24) is 20.0 Å². The van der Waals surface area contributed by atoms with Crippen LogP contribution in [-0.4, -0.2) is 78.0 Å². The van der Waals surface area contributed by atoms with E-state index in [1.165, 1.54) is 24.2 Å². The van der Waals surface area contributed by atoms with Crippen molar-refractivity contribution in [2.75, 3.05) is 45.8 Å². The summed E-state index contributed by atoms with van der Waals surface area (Å²) in [7, 11) is 0. The van der Waals surface area contributed by atoms with Crippen LogP contribution < -0.4 is 5.32 Å². The summed E-state index contributed by atoms with van der Waals surface area (Å²) < 4.78 is 0. The van der Waals surface area contributed by atoms with Gasteiger partial charge in [0.2, 0.25) is 0 Å². The van der Waals surface area contributed by atoms with Crippen LogP contribution in [0, 0.1) is 5.92 Å². The normalized spacial score (nSPS) is 25.7. The third-order valence-corrected chi connectivity index (χ3v) is 5.67. The number of piperidine rings is 2. The molecule has 136 valence electrons. The molecule has 6 nitrogen and oxygen atoms in total. The van der Waals surface area contributed by atoms with Gasteiger partial charge in [0.15, 0.2) is 0 Å². The molecule has 0 aromatic heterocycles. The lowest BCUT2D eigenvalue weighted by Crippen LogP contribution is -2.55. The highest BCUT2D eigenvalue weighted by Gasteiger charge is 2.52. The van der Waals surface area contributed by atoms with E-state index < -0.39 is 5.54 Å². The molecule has 3 saturated heterocycles. The second kappa shape index (κ2) is 7.40. The van der Waals surface area contributed by atoms with E-state index in [0.29, 0.717) is 12.5 Å². The van der Waals surface area contributed by atoms with E-state index in [2.05, 4.69) is 29.0 Å². The maximum atomic E-state index is 12.9. The van der Waals surface area contributed by atoms with Gasteiger partial charge in [-0.25, -0.2) is 4.79 Å². The number of carbonyl (C=O) groups excluding carboxylic acids is 2. The van der Waals surface area contributed by atoms with E-state index in [0.717, 1.165) is 52.1 Å². The first-order valence-electron chi connectivity index (χ1n) is 9.59. The van der Waals surface area contributed by atoms with Crippen molar-refractivity contribution in [3.63, 3.8) is 0 Å². The lowest BCUT2D eigenvalue weighted by atomic mass is 9.87. The van der Waals surface area contributed by atoms with Gasteiger partial charge in [-0.2, -0.15) is 0 Å². The van der Waals surface area contributed by atoms with Crippen LogP contribution in [0.3, 0.4) is 0 Å². The first-order valence-corrected chi connectivity index (χ1v) is 9.59. The number of likely N-dealkylation sites (tertiary alicyclic amines) is 2. The summed E-state index contributed by atoms with van der Waals surface area (Å²) >= 11 is 0. The Morgan fingerprint density at radius 2 is 1.62 bits per heavy atom. The lowest BCUT2D eigenvalue weighted by molar-refractivity contribution is -0.133. The number of nitrogens with zero attached hydrogens (tertiary/aromatic N) is 3. The second-order valence-corrected chi connectivity index (χ2v) is 8.07. The highest BCUT2D eigenvalue weighted by molar-refractivity contribution is 6.07. The molecule has 6 heteroatoms. The number of nitrogens with one attached hydrogen (secondary N) is 1. The van der Waals surface area contributed by atoms with Crippen LogP contribution >= 0.6 is 0 Å². The molecule has 3 heterocycles. The van der Waals surface area contributed by atoms with Crippen molar-refractivity contribution in [3.8, 4) is 0 Å². The van der Waals surface area contributed by atoms with Crippen LogP contribution in [0.1, 0.15) is 46.0 Å². The average molecular weight is 336 g/mol. The zero-order chi connectivity index (χ0) is 17.2. The van der Waals surface area contributed by atoms with Crippen molar-refractivity contribution >= 4 is 11.9 Å². The Kier molecular flexibility index (Phi) is 5.45. The van der Waals surface area contributed by atoms with Gasteiger partial charge >= 0.3 is 6.03 Å². The maximum Gasteiger partial charge on any atom is 0.325 e. The monoisotopic (exact) mass is 336 g/mol. The summed E-state index contributed by atoms with van der Waals surface area (Å²) in [5.74, 6) is 0.641. The quantitative estimate of drug-likeness (QED) is 0.774. The first-order chi connectivity index (χ1) is 11.5. The summed E-state index contributed by atoms with van der Waals surface area (Å²) in [5.41, 5.74) is -0.632. The molecule has 3 rings (SSSR count). The van der Waals surface area contributed by atoms with Gasteiger partial charge in [-0.3, -0.25) is 9.69 Å². The van der Waals surface area contributed by atoms with Crippen molar-refractivity contribution in [2.24, 2.45) is 5.92 Å². The number of hydrogen-bond acceptors (Lipinski definition) is 4. The van der Waals surface area contributed by atoms with E-state index in [1.54, 1.807) is 0 Å². The molecule has 3 fully saturated rings. The molecular formula is C18H32N4O2. The first kappa shape index (κ1) is 17.7. The van der Waals surface area contributed by atoms with E-state index in [1.807, 2.05) is 0 Å². The molecular weight excluding hydrogens is 304 g/mol. The van der Waals surface area contributed by atoms with Crippen LogP contribution in [0.25, 0.3) is 0 Å².